The summed E-state index contributed by atoms with van der Waals surface area (Å²) in [6, 6.07) is 6.56. The molecule has 0 saturated carbocycles. The number of nitro benzene ring substituents is 2. The smallest absolute Gasteiger partial charge is 0.414 e. The molecule has 0 unspecified atom stereocenters. The molecule has 2 aromatic rings. The molecule has 0 radical (unpaired) electrons. The molecular formula is C44H69Br2FN10O8. The molecule has 4 saturated heterocycles. The van der Waals surface area contributed by atoms with Gasteiger partial charge in [-0.1, -0.05) is 0 Å². The van der Waals surface area contributed by atoms with E-state index in [1.54, 1.807) is 47.6 Å². The average Bonchev–Trinajstić information content (AvgIpc) is 3.24. The molecule has 4 aliphatic rings. The highest BCUT2D eigenvalue weighted by Crippen LogP contribution is 2.40. The normalized spacial score (nSPS) is 18.7. The van der Waals surface area contributed by atoms with Crippen molar-refractivity contribution < 1.29 is 33.3 Å². The van der Waals surface area contributed by atoms with Crippen LogP contribution in [0.2, 0.25) is 0 Å². The summed E-state index contributed by atoms with van der Waals surface area (Å²) in [6.45, 7) is 23.9. The van der Waals surface area contributed by atoms with E-state index < -0.39 is 44.7 Å². The molecule has 2 aromatic carbocycles. The summed E-state index contributed by atoms with van der Waals surface area (Å²) < 4.78 is 24.7. The zero-order valence-electron chi connectivity index (χ0n) is 39.7. The van der Waals surface area contributed by atoms with Gasteiger partial charge in [-0.25, -0.2) is 14.0 Å². The Balaban J connectivity index is 0.000000237. The summed E-state index contributed by atoms with van der Waals surface area (Å²) in [5.74, 6) is -0.707. The number of nitrogens with one attached hydrogen (secondary N) is 1. The fourth-order valence-corrected chi connectivity index (χ4v) is 8.93. The Bertz CT molecular complexity index is 1940. The van der Waals surface area contributed by atoms with E-state index in [-0.39, 0.29) is 21.5 Å². The summed E-state index contributed by atoms with van der Waals surface area (Å²) in [4.78, 5) is 60.4. The monoisotopic (exact) mass is 1040 g/mol. The molecule has 6 rings (SSSR count). The van der Waals surface area contributed by atoms with Crippen LogP contribution in [-0.4, -0.2) is 172 Å². The van der Waals surface area contributed by atoms with Crippen LogP contribution in [0.3, 0.4) is 0 Å². The van der Waals surface area contributed by atoms with Crippen LogP contribution in [0, 0.1) is 26.0 Å². The van der Waals surface area contributed by atoms with E-state index in [0.29, 0.717) is 10.5 Å². The molecule has 0 bridgehead atoms. The number of carbonyl (C=O) groups is 2. The average molecular weight is 1040 g/mol. The maximum absolute atomic E-state index is 13.5. The maximum Gasteiger partial charge on any atom is 0.414 e. The quantitative estimate of drug-likeness (QED) is 0.210. The minimum absolute atomic E-state index is 0.0504. The molecule has 4 fully saturated rings. The lowest BCUT2D eigenvalue weighted by atomic mass is 10.0. The van der Waals surface area contributed by atoms with E-state index in [2.05, 4.69) is 75.8 Å². The minimum Gasteiger partial charge on any atom is -0.443 e. The Morgan fingerprint density at radius 3 is 1.45 bits per heavy atom. The standard InChI is InChI=1S/C22H34BrN5O4.C12H14BrFN2O4.C10H21N3/c1-22(2,3)32-21(29)25(5)19-15-18(17(23)14-20(19)28(30)31)27-8-6-16(7-9-27)26-12-10-24(4)11-13-26;1-12(2,3)20-11(17)15(4)9-6-8(14)7(13)5-10(9)16(18)19;1-12-6-8-13(9-7-12)10-2-4-11-5-3-10/h14-16H,6-13H2,1-5H3;5-6H,1-4H3;10-11H,2-9H2,1H3. The number of piperazine rings is 2. The van der Waals surface area contributed by atoms with Crippen molar-refractivity contribution in [1.29, 1.82) is 0 Å². The molecule has 364 valence electrons. The SMILES string of the molecule is CN(C(=O)OC(C)(C)C)c1cc(F)c(Br)cc1[N+](=O)[O-].CN1CCN(C2CCN(c3cc(N(C)C(=O)OC(C)(C)C)c([N+](=O)[O-])cc3Br)CC2)CC1.CN1CCN(C2CCNCC2)CC1. The zero-order valence-corrected chi connectivity index (χ0v) is 42.9. The van der Waals surface area contributed by atoms with Crippen molar-refractivity contribution in [2.75, 3.05) is 121 Å². The molecule has 0 atom stereocenters. The summed E-state index contributed by atoms with van der Waals surface area (Å²) in [5, 5.41) is 26.1. The van der Waals surface area contributed by atoms with E-state index in [1.807, 2.05) is 0 Å². The van der Waals surface area contributed by atoms with Crippen molar-refractivity contribution in [1.82, 2.24) is 24.9 Å². The van der Waals surface area contributed by atoms with E-state index in [9.17, 15) is 34.2 Å². The molecular weight excluding hydrogens is 975 g/mol. The molecule has 2 amide bonds. The van der Waals surface area contributed by atoms with Gasteiger partial charge in [0, 0.05) is 114 Å². The number of nitrogens with zero attached hydrogens (tertiary/aromatic N) is 9. The van der Waals surface area contributed by atoms with Crippen molar-refractivity contribution in [3.8, 4) is 0 Å². The van der Waals surface area contributed by atoms with Gasteiger partial charge < -0.3 is 29.5 Å². The van der Waals surface area contributed by atoms with Gasteiger partial charge in [-0.3, -0.25) is 39.8 Å². The van der Waals surface area contributed by atoms with Crippen molar-refractivity contribution in [2.24, 2.45) is 0 Å². The summed E-state index contributed by atoms with van der Waals surface area (Å²) in [5.41, 5.74) is -1.07. The molecule has 0 spiro atoms. The van der Waals surface area contributed by atoms with Crippen molar-refractivity contribution in [3.05, 3.63) is 59.3 Å². The van der Waals surface area contributed by atoms with E-state index in [0.717, 1.165) is 80.9 Å². The number of carbonyl (C=O) groups excluding carboxylic acids is 2. The van der Waals surface area contributed by atoms with Gasteiger partial charge >= 0.3 is 12.2 Å². The first kappa shape index (κ1) is 53.9. The number of likely N-dealkylation sites (N-methyl/N-ethyl adjacent to an activating group) is 2. The highest BCUT2D eigenvalue weighted by Gasteiger charge is 2.32. The number of halogens is 3. The minimum atomic E-state index is -0.803. The summed E-state index contributed by atoms with van der Waals surface area (Å²) in [7, 11) is 7.18. The first-order valence-electron chi connectivity index (χ1n) is 22.2. The maximum atomic E-state index is 13.5. The molecule has 21 heteroatoms. The Hall–Kier alpha value is -3.73. The van der Waals surface area contributed by atoms with Crippen LogP contribution in [0.5, 0.6) is 0 Å². The molecule has 0 aliphatic carbocycles. The predicted molar refractivity (Wildman–Crippen MR) is 260 cm³/mol. The van der Waals surface area contributed by atoms with Crippen LogP contribution in [0.1, 0.15) is 67.2 Å². The van der Waals surface area contributed by atoms with Gasteiger partial charge in [-0.2, -0.15) is 0 Å². The third-order valence-electron chi connectivity index (χ3n) is 11.7. The highest BCUT2D eigenvalue weighted by molar-refractivity contribution is 9.10. The van der Waals surface area contributed by atoms with Gasteiger partial charge in [0.15, 0.2) is 0 Å². The van der Waals surface area contributed by atoms with Crippen LogP contribution in [0.25, 0.3) is 0 Å². The van der Waals surface area contributed by atoms with Crippen LogP contribution in [0.4, 0.5) is 42.4 Å². The van der Waals surface area contributed by atoms with E-state index in [4.69, 9.17) is 9.47 Å². The fraction of sp³-hybridized carbons (Fsp3) is 0.682. The van der Waals surface area contributed by atoms with E-state index in [1.165, 1.54) is 77.2 Å². The fourth-order valence-electron chi connectivity index (χ4n) is 8.01. The van der Waals surface area contributed by atoms with Gasteiger partial charge in [0.05, 0.1) is 20.0 Å². The number of ether oxygens (including phenoxy) is 2. The third kappa shape index (κ3) is 16.2. The van der Waals surface area contributed by atoms with Crippen molar-refractivity contribution in [3.63, 3.8) is 0 Å². The first-order valence-corrected chi connectivity index (χ1v) is 23.8. The number of rotatable bonds is 7. The Kier molecular flexibility index (Phi) is 19.7. The molecule has 4 aliphatic heterocycles. The van der Waals surface area contributed by atoms with Crippen LogP contribution in [-0.2, 0) is 9.47 Å². The van der Waals surface area contributed by atoms with Crippen LogP contribution >= 0.6 is 31.9 Å². The van der Waals surface area contributed by atoms with Crippen LogP contribution < -0.4 is 20.0 Å². The Labute approximate surface area is 400 Å². The van der Waals surface area contributed by atoms with Gasteiger partial charge in [0.25, 0.3) is 11.4 Å². The third-order valence-corrected chi connectivity index (χ3v) is 13.0. The Morgan fingerprint density at radius 1 is 0.662 bits per heavy atom. The largest absolute Gasteiger partial charge is 0.443 e. The van der Waals surface area contributed by atoms with Crippen molar-refractivity contribution in [2.45, 2.75) is 90.5 Å². The number of piperidine rings is 2. The number of hydrogen-bond donors (Lipinski definition) is 1. The molecule has 0 aromatic heterocycles. The van der Waals surface area contributed by atoms with Gasteiger partial charge in [-0.15, -0.1) is 0 Å². The molecule has 4 heterocycles. The summed E-state index contributed by atoms with van der Waals surface area (Å²) in [6.07, 6.45) is 3.37. The summed E-state index contributed by atoms with van der Waals surface area (Å²) >= 11 is 6.39. The number of hydrogen-bond acceptors (Lipinski definition) is 14. The zero-order chi connectivity index (χ0) is 48.4. The highest BCUT2D eigenvalue weighted by atomic mass is 79.9. The second-order valence-electron chi connectivity index (χ2n) is 19.0. The second kappa shape index (κ2) is 23.8. The second-order valence-corrected chi connectivity index (χ2v) is 20.7. The number of anilines is 3. The van der Waals surface area contributed by atoms with Crippen LogP contribution in [0.15, 0.2) is 33.2 Å². The predicted octanol–water partition coefficient (Wildman–Crippen LogP) is 7.80. The lowest BCUT2D eigenvalue weighted by Gasteiger charge is -2.42. The number of amides is 2. The van der Waals surface area contributed by atoms with E-state index >= 15 is 0 Å². The van der Waals surface area contributed by atoms with Gasteiger partial charge in [-0.05, 0) is 132 Å². The first-order chi connectivity index (χ1) is 30.3. The lowest BCUT2D eigenvalue weighted by molar-refractivity contribution is -0.384. The van der Waals surface area contributed by atoms with Crippen molar-refractivity contribution >= 4 is 72.5 Å². The topological polar surface area (TPSA) is 174 Å². The number of benzene rings is 2. The van der Waals surface area contributed by atoms with Gasteiger partial charge in [0.1, 0.15) is 28.4 Å². The number of nitro groups is 2. The lowest BCUT2D eigenvalue weighted by Crippen LogP contribution is -2.52. The molecule has 65 heavy (non-hydrogen) atoms. The van der Waals surface area contributed by atoms with Gasteiger partial charge in [0.2, 0.25) is 0 Å². The Morgan fingerprint density at radius 2 is 1.05 bits per heavy atom. The molecule has 1 N–H and O–H groups in total. The molecule has 18 nitrogen and oxygen atoms in total.